The Labute approximate surface area is 177 Å². The summed E-state index contributed by atoms with van der Waals surface area (Å²) in [5.74, 6) is -0.370. The minimum Gasteiger partial charge on any atom is -0.507 e. The lowest BCUT2D eigenvalue weighted by molar-refractivity contribution is 0.0695. The zero-order chi connectivity index (χ0) is 20.6. The van der Waals surface area contributed by atoms with E-state index in [4.69, 9.17) is 0 Å². The number of halogens is 1. The lowest BCUT2D eigenvalue weighted by Gasteiger charge is -2.34. The number of phenolic OH excluding ortho intramolecular Hbond substituents is 1. The molecular formula is C21H19BrN2O4S. The van der Waals surface area contributed by atoms with Crippen LogP contribution in [0.15, 0.2) is 70.0 Å². The number of fused-ring (bicyclic) bond motifs is 1. The Bertz CT molecular complexity index is 1190. The number of hydrogen-bond acceptors (Lipinski definition) is 4. The van der Waals surface area contributed by atoms with Gasteiger partial charge in [-0.2, -0.15) is 4.31 Å². The number of carbonyl (C=O) groups is 1. The van der Waals surface area contributed by atoms with Crippen LogP contribution in [0.1, 0.15) is 10.4 Å². The van der Waals surface area contributed by atoms with Crippen LogP contribution in [0.3, 0.4) is 0 Å². The van der Waals surface area contributed by atoms with Gasteiger partial charge in [0.25, 0.3) is 5.91 Å². The molecule has 150 valence electrons. The Hall–Kier alpha value is -2.42. The smallest absolute Gasteiger partial charge is 0.257 e. The topological polar surface area (TPSA) is 77.9 Å². The van der Waals surface area contributed by atoms with Gasteiger partial charge in [0.15, 0.2) is 0 Å². The maximum Gasteiger partial charge on any atom is 0.257 e. The SMILES string of the molecule is O=C(c1cc2ccccc2cc1O)N1CCN(S(=O)(=O)c2cccc(Br)c2)CC1. The van der Waals surface area contributed by atoms with Crippen LogP contribution in [0.2, 0.25) is 0 Å². The number of carbonyl (C=O) groups excluding carboxylic acids is 1. The van der Waals surface area contributed by atoms with Crippen LogP contribution < -0.4 is 0 Å². The highest BCUT2D eigenvalue weighted by Gasteiger charge is 2.31. The molecule has 0 atom stereocenters. The summed E-state index contributed by atoms with van der Waals surface area (Å²) in [6, 6.07) is 17.3. The minimum absolute atomic E-state index is 0.0714. The zero-order valence-corrected chi connectivity index (χ0v) is 17.9. The first kappa shape index (κ1) is 19.9. The third-order valence-electron chi connectivity index (χ3n) is 5.05. The molecule has 1 saturated heterocycles. The molecule has 0 unspecified atom stereocenters. The second-order valence-corrected chi connectivity index (χ2v) is 9.72. The second kappa shape index (κ2) is 7.78. The van der Waals surface area contributed by atoms with Crippen LogP contribution in [0.25, 0.3) is 10.8 Å². The van der Waals surface area contributed by atoms with Crippen LogP contribution in [-0.2, 0) is 10.0 Å². The van der Waals surface area contributed by atoms with Crippen LogP contribution in [-0.4, -0.2) is 54.8 Å². The van der Waals surface area contributed by atoms with E-state index in [0.29, 0.717) is 4.47 Å². The van der Waals surface area contributed by atoms with E-state index in [0.717, 1.165) is 10.8 Å². The van der Waals surface area contributed by atoms with Crippen LogP contribution in [0.4, 0.5) is 0 Å². The molecule has 0 aromatic heterocycles. The number of phenols is 1. The average Bonchev–Trinajstić information content (AvgIpc) is 2.73. The van der Waals surface area contributed by atoms with E-state index in [9.17, 15) is 18.3 Å². The summed E-state index contributed by atoms with van der Waals surface area (Å²) < 4.78 is 27.8. The van der Waals surface area contributed by atoms with Crippen molar-refractivity contribution in [1.29, 1.82) is 0 Å². The first-order valence-electron chi connectivity index (χ1n) is 9.13. The van der Waals surface area contributed by atoms with Crippen molar-refractivity contribution in [2.75, 3.05) is 26.2 Å². The van der Waals surface area contributed by atoms with Crippen molar-refractivity contribution in [3.63, 3.8) is 0 Å². The van der Waals surface area contributed by atoms with E-state index in [-0.39, 0.29) is 48.3 Å². The molecule has 8 heteroatoms. The summed E-state index contributed by atoms with van der Waals surface area (Å²) in [7, 11) is -3.62. The molecule has 1 heterocycles. The Morgan fingerprint density at radius 2 is 1.55 bits per heavy atom. The van der Waals surface area contributed by atoms with Crippen molar-refractivity contribution < 1.29 is 18.3 Å². The molecule has 1 fully saturated rings. The summed E-state index contributed by atoms with van der Waals surface area (Å²) in [5.41, 5.74) is 0.229. The van der Waals surface area contributed by atoms with Gasteiger partial charge in [-0.25, -0.2) is 8.42 Å². The monoisotopic (exact) mass is 474 g/mol. The van der Waals surface area contributed by atoms with E-state index in [1.807, 2.05) is 24.3 Å². The van der Waals surface area contributed by atoms with Gasteiger partial charge < -0.3 is 10.0 Å². The molecule has 1 aliphatic rings. The van der Waals surface area contributed by atoms with Crippen molar-refractivity contribution in [3.8, 4) is 5.75 Å². The quantitative estimate of drug-likeness (QED) is 0.630. The predicted molar refractivity (Wildman–Crippen MR) is 114 cm³/mol. The predicted octanol–water partition coefficient (Wildman–Crippen LogP) is 3.45. The normalized spacial score (nSPS) is 15.6. The number of rotatable bonds is 3. The molecule has 1 aliphatic heterocycles. The third-order valence-corrected chi connectivity index (χ3v) is 7.44. The van der Waals surface area contributed by atoms with E-state index in [1.165, 1.54) is 4.31 Å². The molecule has 3 aromatic rings. The summed E-state index contributed by atoms with van der Waals surface area (Å²) in [6.07, 6.45) is 0. The molecule has 6 nitrogen and oxygen atoms in total. The lowest BCUT2D eigenvalue weighted by atomic mass is 10.0. The van der Waals surface area contributed by atoms with Crippen molar-refractivity contribution in [2.24, 2.45) is 0 Å². The molecule has 0 radical (unpaired) electrons. The van der Waals surface area contributed by atoms with Crippen molar-refractivity contribution in [3.05, 3.63) is 70.7 Å². The molecule has 0 saturated carbocycles. The van der Waals surface area contributed by atoms with Crippen LogP contribution in [0, 0.1) is 0 Å². The summed E-state index contributed by atoms with van der Waals surface area (Å²) >= 11 is 3.30. The van der Waals surface area contributed by atoms with Gasteiger partial charge in [-0.1, -0.05) is 46.3 Å². The number of hydrogen-bond donors (Lipinski definition) is 1. The van der Waals surface area contributed by atoms with Crippen molar-refractivity contribution in [1.82, 2.24) is 9.21 Å². The third kappa shape index (κ3) is 3.88. The van der Waals surface area contributed by atoms with E-state index in [2.05, 4.69) is 15.9 Å². The molecule has 1 amide bonds. The largest absolute Gasteiger partial charge is 0.507 e. The number of piperazine rings is 1. The fourth-order valence-corrected chi connectivity index (χ4v) is 5.50. The highest BCUT2D eigenvalue weighted by Crippen LogP contribution is 2.27. The molecule has 0 bridgehead atoms. The number of sulfonamides is 1. The standard InChI is InChI=1S/C21H19BrN2O4S/c22-17-6-3-7-18(14-17)29(27,28)24-10-8-23(9-11-24)21(26)19-12-15-4-1-2-5-16(15)13-20(19)25/h1-7,12-14,25H,8-11H2. The zero-order valence-electron chi connectivity index (χ0n) is 15.5. The van der Waals surface area contributed by atoms with E-state index < -0.39 is 10.0 Å². The van der Waals surface area contributed by atoms with Gasteiger partial charge in [0.05, 0.1) is 10.5 Å². The molecule has 1 N–H and O–H groups in total. The summed E-state index contributed by atoms with van der Waals surface area (Å²) in [6.45, 7) is 0.931. The minimum atomic E-state index is -3.62. The molecule has 0 aliphatic carbocycles. The maximum atomic E-state index is 12.9. The Morgan fingerprint density at radius 3 is 2.21 bits per heavy atom. The van der Waals surface area contributed by atoms with Crippen molar-refractivity contribution in [2.45, 2.75) is 4.90 Å². The molecule has 29 heavy (non-hydrogen) atoms. The van der Waals surface area contributed by atoms with Gasteiger partial charge in [-0.3, -0.25) is 4.79 Å². The fraction of sp³-hybridized carbons (Fsp3) is 0.190. The summed E-state index contributed by atoms with van der Waals surface area (Å²) in [4.78, 5) is 14.7. The fourth-order valence-electron chi connectivity index (χ4n) is 3.48. The summed E-state index contributed by atoms with van der Waals surface area (Å²) in [5, 5.41) is 12.0. The Kier molecular flexibility index (Phi) is 5.33. The number of amides is 1. The molecule has 0 spiro atoms. The molecular weight excluding hydrogens is 456 g/mol. The highest BCUT2D eigenvalue weighted by molar-refractivity contribution is 9.10. The van der Waals surface area contributed by atoms with Gasteiger partial charge in [0.1, 0.15) is 5.75 Å². The number of nitrogens with zero attached hydrogens (tertiary/aromatic N) is 2. The van der Waals surface area contributed by atoms with Crippen LogP contribution in [0.5, 0.6) is 5.75 Å². The first-order valence-corrected chi connectivity index (χ1v) is 11.4. The lowest BCUT2D eigenvalue weighted by Crippen LogP contribution is -2.50. The van der Waals surface area contributed by atoms with Gasteiger partial charge in [0.2, 0.25) is 10.0 Å². The van der Waals surface area contributed by atoms with E-state index in [1.54, 1.807) is 41.3 Å². The van der Waals surface area contributed by atoms with Gasteiger partial charge >= 0.3 is 0 Å². The van der Waals surface area contributed by atoms with Gasteiger partial charge in [0, 0.05) is 30.7 Å². The highest BCUT2D eigenvalue weighted by atomic mass is 79.9. The molecule has 3 aromatic carbocycles. The number of aromatic hydroxyl groups is 1. The first-order chi connectivity index (χ1) is 13.9. The second-order valence-electron chi connectivity index (χ2n) is 6.87. The Morgan fingerprint density at radius 1 is 0.897 bits per heavy atom. The van der Waals surface area contributed by atoms with Crippen molar-refractivity contribution >= 4 is 42.6 Å². The maximum absolute atomic E-state index is 12.9. The van der Waals surface area contributed by atoms with Crippen LogP contribution >= 0.6 is 15.9 Å². The van der Waals surface area contributed by atoms with E-state index >= 15 is 0 Å². The number of benzene rings is 3. The van der Waals surface area contributed by atoms with Gasteiger partial charge in [-0.15, -0.1) is 0 Å². The Balaban J connectivity index is 1.51. The molecule has 4 rings (SSSR count). The average molecular weight is 475 g/mol. The van der Waals surface area contributed by atoms with Gasteiger partial charge in [-0.05, 0) is 41.1 Å².